The lowest BCUT2D eigenvalue weighted by atomic mass is 10.1. The van der Waals surface area contributed by atoms with E-state index in [0.717, 1.165) is 17.4 Å². The van der Waals surface area contributed by atoms with E-state index in [0.29, 0.717) is 16.3 Å². The second kappa shape index (κ2) is 8.64. The molecule has 0 saturated carbocycles. The van der Waals surface area contributed by atoms with Crippen molar-refractivity contribution < 1.29 is 23.0 Å². The maximum Gasteiger partial charge on any atom is 0.268 e. The first-order chi connectivity index (χ1) is 12.8. The third-order valence-corrected chi connectivity index (χ3v) is 4.90. The Hall–Kier alpha value is -2.93. The molecular formula is C20H19F2NO3S. The standard InChI is InChI=1S/C20H19F2NO3S/c1-6-13(11-12(2)25-4)23(3)20(24)17-10-9-16(27-17)18-14(21)7-8-15(26-5)19(18)22/h6-11H,1-2H2,3-5H3/b13-11+. The van der Waals surface area contributed by atoms with Crippen LogP contribution >= 0.6 is 11.3 Å². The first-order valence-electron chi connectivity index (χ1n) is 7.81. The second-order valence-electron chi connectivity index (χ2n) is 5.41. The van der Waals surface area contributed by atoms with Crippen molar-refractivity contribution in [2.75, 3.05) is 21.3 Å². The van der Waals surface area contributed by atoms with E-state index in [4.69, 9.17) is 9.47 Å². The minimum atomic E-state index is -0.810. The van der Waals surface area contributed by atoms with Crippen LogP contribution in [0, 0.1) is 11.6 Å². The predicted molar refractivity (Wildman–Crippen MR) is 103 cm³/mol. The van der Waals surface area contributed by atoms with Crippen LogP contribution < -0.4 is 4.74 Å². The molecule has 0 fully saturated rings. The minimum Gasteiger partial charge on any atom is -0.497 e. The van der Waals surface area contributed by atoms with Crippen molar-refractivity contribution in [3.63, 3.8) is 0 Å². The lowest BCUT2D eigenvalue weighted by molar-refractivity contribution is 0.0844. The number of halogens is 2. The normalized spacial score (nSPS) is 11.1. The predicted octanol–water partition coefficient (Wildman–Crippen LogP) is 5.00. The van der Waals surface area contributed by atoms with Gasteiger partial charge in [0, 0.05) is 23.7 Å². The average Bonchev–Trinajstić information content (AvgIpc) is 3.14. The van der Waals surface area contributed by atoms with Crippen LogP contribution in [-0.2, 0) is 4.74 Å². The van der Waals surface area contributed by atoms with Gasteiger partial charge in [0.1, 0.15) is 11.6 Å². The summed E-state index contributed by atoms with van der Waals surface area (Å²) in [6.07, 6.45) is 3.04. The van der Waals surface area contributed by atoms with Crippen LogP contribution in [-0.4, -0.2) is 32.1 Å². The summed E-state index contributed by atoms with van der Waals surface area (Å²) < 4.78 is 38.5. The van der Waals surface area contributed by atoms with Crippen LogP contribution in [0.1, 0.15) is 9.67 Å². The first kappa shape index (κ1) is 20.4. The van der Waals surface area contributed by atoms with Gasteiger partial charge >= 0.3 is 0 Å². The molecule has 0 aliphatic rings. The van der Waals surface area contributed by atoms with Crippen molar-refractivity contribution >= 4 is 17.2 Å². The van der Waals surface area contributed by atoms with Crippen molar-refractivity contribution in [1.82, 2.24) is 4.90 Å². The zero-order valence-corrected chi connectivity index (χ0v) is 16.0. The van der Waals surface area contributed by atoms with Gasteiger partial charge in [0.15, 0.2) is 11.6 Å². The van der Waals surface area contributed by atoms with Gasteiger partial charge in [-0.25, -0.2) is 8.78 Å². The van der Waals surface area contributed by atoms with Gasteiger partial charge in [0.05, 0.1) is 24.7 Å². The van der Waals surface area contributed by atoms with Gasteiger partial charge in [-0.3, -0.25) is 4.79 Å². The van der Waals surface area contributed by atoms with Gasteiger partial charge in [-0.05, 0) is 30.3 Å². The number of carbonyl (C=O) groups excluding carboxylic acids is 1. The number of hydrogen-bond donors (Lipinski definition) is 0. The molecule has 0 saturated heterocycles. The molecule has 1 amide bonds. The molecule has 4 nitrogen and oxygen atoms in total. The van der Waals surface area contributed by atoms with E-state index in [1.807, 2.05) is 0 Å². The molecule has 0 bridgehead atoms. The fourth-order valence-corrected chi connectivity index (χ4v) is 3.33. The molecule has 0 atom stereocenters. The van der Waals surface area contributed by atoms with Crippen molar-refractivity contribution in [3.8, 4) is 16.2 Å². The maximum absolute atomic E-state index is 14.5. The SMILES string of the molecule is C=C/C(=C\C(=C)OC)N(C)C(=O)c1ccc(-c2c(F)ccc(OC)c2F)s1. The Balaban J connectivity index is 2.38. The number of amides is 1. The van der Waals surface area contributed by atoms with Crippen LogP contribution in [0.3, 0.4) is 0 Å². The van der Waals surface area contributed by atoms with Gasteiger partial charge in [0.25, 0.3) is 5.91 Å². The summed E-state index contributed by atoms with van der Waals surface area (Å²) in [5, 5.41) is 0. The molecule has 142 valence electrons. The van der Waals surface area contributed by atoms with Crippen LogP contribution in [0.25, 0.3) is 10.4 Å². The Kier molecular flexibility index (Phi) is 6.52. The number of rotatable bonds is 7. The molecule has 2 aromatic rings. The molecule has 1 aromatic carbocycles. The summed E-state index contributed by atoms with van der Waals surface area (Å²) in [6.45, 7) is 7.35. The van der Waals surface area contributed by atoms with E-state index >= 15 is 0 Å². The van der Waals surface area contributed by atoms with Gasteiger partial charge in [0.2, 0.25) is 0 Å². The zero-order chi connectivity index (χ0) is 20.1. The summed E-state index contributed by atoms with van der Waals surface area (Å²) in [7, 11) is 4.32. The van der Waals surface area contributed by atoms with Gasteiger partial charge in [-0.15, -0.1) is 11.3 Å². The van der Waals surface area contributed by atoms with Crippen molar-refractivity contribution in [3.05, 3.63) is 77.5 Å². The zero-order valence-electron chi connectivity index (χ0n) is 15.2. The summed E-state index contributed by atoms with van der Waals surface area (Å²) in [4.78, 5) is 14.7. The van der Waals surface area contributed by atoms with Gasteiger partial charge < -0.3 is 14.4 Å². The largest absolute Gasteiger partial charge is 0.497 e. The number of benzene rings is 1. The molecule has 7 heteroatoms. The highest BCUT2D eigenvalue weighted by molar-refractivity contribution is 7.17. The monoisotopic (exact) mass is 391 g/mol. The molecule has 1 heterocycles. The van der Waals surface area contributed by atoms with Crippen molar-refractivity contribution in [2.24, 2.45) is 0 Å². The highest BCUT2D eigenvalue weighted by Gasteiger charge is 2.21. The van der Waals surface area contributed by atoms with Crippen LogP contribution in [0.2, 0.25) is 0 Å². The number of hydrogen-bond acceptors (Lipinski definition) is 4. The summed E-state index contributed by atoms with van der Waals surface area (Å²) in [5.74, 6) is -1.61. The molecule has 27 heavy (non-hydrogen) atoms. The van der Waals surface area contributed by atoms with E-state index in [1.54, 1.807) is 13.1 Å². The summed E-state index contributed by atoms with van der Waals surface area (Å²) >= 11 is 0.981. The third kappa shape index (κ3) is 4.25. The molecule has 0 aliphatic carbocycles. The Morgan fingerprint density at radius 1 is 1.22 bits per heavy atom. The maximum atomic E-state index is 14.5. The Labute approximate surface area is 160 Å². The molecule has 0 N–H and O–H groups in total. The second-order valence-corrected chi connectivity index (χ2v) is 6.49. The highest BCUT2D eigenvalue weighted by Crippen LogP contribution is 2.36. The number of carbonyl (C=O) groups is 1. The Morgan fingerprint density at radius 3 is 2.52 bits per heavy atom. The lowest BCUT2D eigenvalue weighted by Crippen LogP contribution is -2.24. The molecule has 0 aliphatic heterocycles. The Morgan fingerprint density at radius 2 is 1.93 bits per heavy atom. The smallest absolute Gasteiger partial charge is 0.268 e. The fourth-order valence-electron chi connectivity index (χ4n) is 2.30. The molecule has 0 radical (unpaired) electrons. The Bertz CT molecular complexity index is 918. The van der Waals surface area contributed by atoms with E-state index in [-0.39, 0.29) is 22.1 Å². The quantitative estimate of drug-likeness (QED) is 0.492. The first-order valence-corrected chi connectivity index (χ1v) is 8.63. The molecule has 0 unspecified atom stereocenters. The number of thiophene rings is 1. The molecular weight excluding hydrogens is 372 g/mol. The number of likely N-dealkylation sites (N-methyl/N-ethyl adjacent to an activating group) is 1. The van der Waals surface area contributed by atoms with E-state index in [1.165, 1.54) is 43.4 Å². The number of allylic oxidation sites excluding steroid dienone is 2. The van der Waals surface area contributed by atoms with Crippen molar-refractivity contribution in [2.45, 2.75) is 0 Å². The van der Waals surface area contributed by atoms with Crippen LogP contribution in [0.15, 0.2) is 61.0 Å². The fraction of sp³-hybridized carbons (Fsp3) is 0.150. The molecule has 1 aromatic heterocycles. The van der Waals surface area contributed by atoms with Crippen molar-refractivity contribution in [1.29, 1.82) is 0 Å². The van der Waals surface area contributed by atoms with Crippen LogP contribution in [0.4, 0.5) is 8.78 Å². The van der Waals surface area contributed by atoms with E-state index in [9.17, 15) is 13.6 Å². The lowest BCUT2D eigenvalue weighted by Gasteiger charge is -2.17. The molecule has 2 rings (SSSR count). The van der Waals surface area contributed by atoms with E-state index in [2.05, 4.69) is 13.2 Å². The van der Waals surface area contributed by atoms with E-state index < -0.39 is 11.6 Å². The number of ether oxygens (including phenoxy) is 2. The number of nitrogens with zero attached hydrogens (tertiary/aromatic N) is 1. The minimum absolute atomic E-state index is 0.0697. The average molecular weight is 391 g/mol. The summed E-state index contributed by atoms with van der Waals surface area (Å²) in [6, 6.07) is 5.35. The summed E-state index contributed by atoms with van der Waals surface area (Å²) in [5.41, 5.74) is 0.244. The highest BCUT2D eigenvalue weighted by atomic mass is 32.1. The van der Waals surface area contributed by atoms with Crippen LogP contribution in [0.5, 0.6) is 5.75 Å². The topological polar surface area (TPSA) is 38.8 Å². The van der Waals surface area contributed by atoms with Gasteiger partial charge in [-0.1, -0.05) is 13.2 Å². The van der Waals surface area contributed by atoms with Gasteiger partial charge in [-0.2, -0.15) is 0 Å². The molecule has 0 spiro atoms. The third-order valence-electron chi connectivity index (χ3n) is 3.81. The number of methoxy groups -OCH3 is 2.